The van der Waals surface area contributed by atoms with Crippen molar-refractivity contribution < 1.29 is 19.1 Å². The van der Waals surface area contributed by atoms with Crippen molar-refractivity contribution in [2.45, 2.75) is 46.1 Å². The first-order valence-electron chi connectivity index (χ1n) is 6.65. The Morgan fingerprint density at radius 3 is 2.26 bits per heavy atom. The molecule has 1 heterocycles. The number of imide groups is 1. The number of carbonyl (C=O) groups excluding carboxylic acids is 3. The predicted molar refractivity (Wildman–Crippen MR) is 70.1 cm³/mol. The highest BCUT2D eigenvalue weighted by Crippen LogP contribution is 2.11. The summed E-state index contributed by atoms with van der Waals surface area (Å²) in [5.41, 5.74) is 0. The minimum absolute atomic E-state index is 0.333. The van der Waals surface area contributed by atoms with Gasteiger partial charge in [0, 0.05) is 12.2 Å². The van der Waals surface area contributed by atoms with Gasteiger partial charge in [0.05, 0.1) is 6.61 Å². The van der Waals surface area contributed by atoms with Crippen LogP contribution >= 0.6 is 0 Å². The summed E-state index contributed by atoms with van der Waals surface area (Å²) >= 11 is 0. The molecule has 1 rings (SSSR count). The molecule has 0 aromatic rings. The van der Waals surface area contributed by atoms with Crippen molar-refractivity contribution in [3.63, 3.8) is 0 Å². The Kier molecular flexibility index (Phi) is 5.73. The Hall–Kier alpha value is -1.65. The number of carbonyl (C=O) groups is 3. The zero-order chi connectivity index (χ0) is 14.4. The van der Waals surface area contributed by atoms with Gasteiger partial charge in [-0.3, -0.25) is 14.5 Å². The van der Waals surface area contributed by atoms with Crippen LogP contribution in [0, 0.1) is 5.92 Å². The highest BCUT2D eigenvalue weighted by atomic mass is 16.5. The molecule has 5 heteroatoms. The van der Waals surface area contributed by atoms with Gasteiger partial charge in [0.25, 0.3) is 11.8 Å². The first kappa shape index (κ1) is 15.4. The van der Waals surface area contributed by atoms with E-state index in [-0.39, 0.29) is 0 Å². The SMILES string of the molecule is CC(C)CCCCOC(=O)C(C)N1C(=O)C=CC1=O. The van der Waals surface area contributed by atoms with Gasteiger partial charge in [-0.15, -0.1) is 0 Å². The van der Waals surface area contributed by atoms with Gasteiger partial charge in [-0.25, -0.2) is 4.79 Å². The van der Waals surface area contributed by atoms with E-state index in [1.165, 1.54) is 6.92 Å². The van der Waals surface area contributed by atoms with Gasteiger partial charge in [0.2, 0.25) is 0 Å². The second-order valence-electron chi connectivity index (χ2n) is 5.11. The molecule has 0 radical (unpaired) electrons. The summed E-state index contributed by atoms with van der Waals surface area (Å²) in [7, 11) is 0. The lowest BCUT2D eigenvalue weighted by Crippen LogP contribution is -2.43. The van der Waals surface area contributed by atoms with E-state index in [0.29, 0.717) is 12.5 Å². The van der Waals surface area contributed by atoms with Crippen molar-refractivity contribution >= 4 is 17.8 Å². The molecule has 0 N–H and O–H groups in total. The maximum absolute atomic E-state index is 11.7. The van der Waals surface area contributed by atoms with E-state index in [9.17, 15) is 14.4 Å². The molecule has 1 aliphatic rings. The van der Waals surface area contributed by atoms with Crippen molar-refractivity contribution in [3.8, 4) is 0 Å². The van der Waals surface area contributed by atoms with Gasteiger partial charge in [-0.05, 0) is 25.7 Å². The zero-order valence-electron chi connectivity index (χ0n) is 11.7. The third-order valence-electron chi connectivity index (χ3n) is 2.99. The van der Waals surface area contributed by atoms with Crippen molar-refractivity contribution in [1.82, 2.24) is 4.90 Å². The number of hydrogen-bond acceptors (Lipinski definition) is 4. The van der Waals surface area contributed by atoms with E-state index in [1.54, 1.807) is 0 Å². The first-order chi connectivity index (χ1) is 8.93. The maximum Gasteiger partial charge on any atom is 0.329 e. The second-order valence-corrected chi connectivity index (χ2v) is 5.11. The molecule has 5 nitrogen and oxygen atoms in total. The average Bonchev–Trinajstić information content (AvgIpc) is 2.67. The lowest BCUT2D eigenvalue weighted by atomic mass is 10.1. The molecule has 2 amide bonds. The lowest BCUT2D eigenvalue weighted by Gasteiger charge is -2.20. The summed E-state index contributed by atoms with van der Waals surface area (Å²) in [5, 5.41) is 0. The van der Waals surface area contributed by atoms with E-state index < -0.39 is 23.8 Å². The van der Waals surface area contributed by atoms with Crippen LogP contribution in [-0.4, -0.2) is 35.3 Å². The van der Waals surface area contributed by atoms with Crippen LogP contribution in [0.15, 0.2) is 12.2 Å². The van der Waals surface area contributed by atoms with E-state index in [1.807, 2.05) is 0 Å². The molecule has 0 spiro atoms. The summed E-state index contributed by atoms with van der Waals surface area (Å²) in [6.45, 7) is 6.12. The number of ether oxygens (including phenoxy) is 1. The second kappa shape index (κ2) is 7.07. The molecule has 0 fully saturated rings. The molecular formula is C14H21NO4. The average molecular weight is 267 g/mol. The van der Waals surface area contributed by atoms with E-state index in [0.717, 1.165) is 36.3 Å². The van der Waals surface area contributed by atoms with Crippen LogP contribution in [0.4, 0.5) is 0 Å². The minimum atomic E-state index is -0.861. The van der Waals surface area contributed by atoms with Gasteiger partial charge in [-0.1, -0.05) is 20.3 Å². The van der Waals surface area contributed by atoms with Crippen molar-refractivity contribution in [3.05, 3.63) is 12.2 Å². The predicted octanol–water partition coefficient (Wildman–Crippen LogP) is 1.67. The normalized spacial score (nSPS) is 16.3. The van der Waals surface area contributed by atoms with Crippen molar-refractivity contribution in [2.75, 3.05) is 6.61 Å². The topological polar surface area (TPSA) is 63.7 Å². The third kappa shape index (κ3) is 4.50. The monoisotopic (exact) mass is 267 g/mol. The molecule has 19 heavy (non-hydrogen) atoms. The standard InChI is InChI=1S/C14H21NO4/c1-10(2)6-4-5-9-19-14(18)11(3)15-12(16)7-8-13(15)17/h7-8,10-11H,4-6,9H2,1-3H3. The molecule has 0 aromatic carbocycles. The number of amides is 2. The molecular weight excluding hydrogens is 246 g/mol. The van der Waals surface area contributed by atoms with Gasteiger partial charge < -0.3 is 4.74 Å². The molecule has 0 bridgehead atoms. The molecule has 1 atom stereocenters. The quantitative estimate of drug-likeness (QED) is 0.400. The molecule has 0 aliphatic carbocycles. The lowest BCUT2D eigenvalue weighted by molar-refractivity contribution is -0.156. The van der Waals surface area contributed by atoms with E-state index in [4.69, 9.17) is 4.74 Å². The zero-order valence-corrected chi connectivity index (χ0v) is 11.7. The highest BCUT2D eigenvalue weighted by Gasteiger charge is 2.33. The fraction of sp³-hybridized carbons (Fsp3) is 0.643. The fourth-order valence-corrected chi connectivity index (χ4v) is 1.85. The molecule has 0 aromatic heterocycles. The van der Waals surface area contributed by atoms with Crippen LogP contribution in [0.3, 0.4) is 0 Å². The van der Waals surface area contributed by atoms with Gasteiger partial charge in [-0.2, -0.15) is 0 Å². The number of rotatable bonds is 7. The minimum Gasteiger partial charge on any atom is -0.464 e. The van der Waals surface area contributed by atoms with Crippen molar-refractivity contribution in [1.29, 1.82) is 0 Å². The van der Waals surface area contributed by atoms with E-state index >= 15 is 0 Å². The molecule has 1 aliphatic heterocycles. The summed E-state index contributed by atoms with van der Waals surface area (Å²) in [6, 6.07) is -0.861. The molecule has 106 valence electrons. The van der Waals surface area contributed by atoms with Crippen LogP contribution < -0.4 is 0 Å². The van der Waals surface area contributed by atoms with Crippen LogP contribution in [-0.2, 0) is 19.1 Å². The molecule has 0 saturated heterocycles. The van der Waals surface area contributed by atoms with Gasteiger partial charge in [0.1, 0.15) is 6.04 Å². The number of hydrogen-bond donors (Lipinski definition) is 0. The van der Waals surface area contributed by atoms with Gasteiger partial charge in [0.15, 0.2) is 0 Å². The first-order valence-corrected chi connectivity index (χ1v) is 6.65. The Morgan fingerprint density at radius 2 is 1.74 bits per heavy atom. The summed E-state index contributed by atoms with van der Waals surface area (Å²) in [5.74, 6) is -0.820. The largest absolute Gasteiger partial charge is 0.464 e. The Balaban J connectivity index is 2.30. The molecule has 1 unspecified atom stereocenters. The Morgan fingerprint density at radius 1 is 1.16 bits per heavy atom. The number of nitrogens with zero attached hydrogens (tertiary/aromatic N) is 1. The van der Waals surface area contributed by atoms with Crippen LogP contribution in [0.5, 0.6) is 0 Å². The third-order valence-corrected chi connectivity index (χ3v) is 2.99. The maximum atomic E-state index is 11.7. The van der Waals surface area contributed by atoms with Crippen LogP contribution in [0.2, 0.25) is 0 Å². The number of esters is 1. The highest BCUT2D eigenvalue weighted by molar-refractivity contribution is 6.14. The van der Waals surface area contributed by atoms with Crippen LogP contribution in [0.1, 0.15) is 40.0 Å². The fourth-order valence-electron chi connectivity index (χ4n) is 1.85. The summed E-state index contributed by atoms with van der Waals surface area (Å²) in [6.07, 6.45) is 5.23. The van der Waals surface area contributed by atoms with Crippen LogP contribution in [0.25, 0.3) is 0 Å². The smallest absolute Gasteiger partial charge is 0.329 e. The Labute approximate surface area is 113 Å². The summed E-state index contributed by atoms with van der Waals surface area (Å²) in [4.78, 5) is 35.4. The summed E-state index contributed by atoms with van der Waals surface area (Å²) < 4.78 is 5.08. The van der Waals surface area contributed by atoms with Crippen molar-refractivity contribution in [2.24, 2.45) is 5.92 Å². The number of unbranched alkanes of at least 4 members (excludes halogenated alkanes) is 1. The Bertz CT molecular complexity index is 369. The van der Waals surface area contributed by atoms with E-state index in [2.05, 4.69) is 13.8 Å². The molecule has 0 saturated carbocycles. The van der Waals surface area contributed by atoms with Gasteiger partial charge >= 0.3 is 5.97 Å².